The van der Waals surface area contributed by atoms with Gasteiger partial charge in [0.15, 0.2) is 11.4 Å². The standard InChI is InChI=1S/C32H23F6N11O8/c1-14-7-8-18(17(11-14)31(33,34)35)48-25(52)21(15-12-39-44(2)27(54)23(15)50)42-46(29(48)56)9-10-47-30(57)49(20-6-4-5-19(41-20)32(36,37)38)26(53)22(43-47)16-13-40-45(3)28(55)24(16)51/h4-8,11-13,39-40H,9-10H2,1-3H3. The van der Waals surface area contributed by atoms with Crippen molar-refractivity contribution in [2.45, 2.75) is 32.4 Å². The van der Waals surface area contributed by atoms with E-state index in [-0.39, 0.29) is 14.7 Å². The van der Waals surface area contributed by atoms with Gasteiger partial charge in [0.2, 0.25) is 0 Å². The van der Waals surface area contributed by atoms with E-state index in [4.69, 9.17) is 0 Å². The van der Waals surface area contributed by atoms with Crippen molar-refractivity contribution in [1.29, 1.82) is 0 Å². The fourth-order valence-electron chi connectivity index (χ4n) is 5.50. The molecule has 0 aliphatic heterocycles. The number of hydrogen-bond donors (Lipinski definition) is 2. The van der Waals surface area contributed by atoms with Crippen LogP contribution in [-0.4, -0.2) is 53.2 Å². The molecular weight excluding hydrogens is 780 g/mol. The SMILES string of the molecule is Cc1ccc(-n2c(=O)c(-c3c[nH]n(C)c(=O)c3=O)nn(CCn3nc(-c4c[nH]n(C)c(=O)c4=O)c(=O)n(-c4cccc(C(F)(F)F)n4)c3=O)c2=O)c(C(F)(F)F)c1. The van der Waals surface area contributed by atoms with Crippen LogP contribution in [0, 0.1) is 6.92 Å². The number of pyridine rings is 1. The zero-order chi connectivity index (χ0) is 41.9. The second kappa shape index (κ2) is 14.0. The molecule has 0 atom stereocenters. The lowest BCUT2D eigenvalue weighted by molar-refractivity contribution is -0.141. The van der Waals surface area contributed by atoms with E-state index in [0.29, 0.717) is 30.9 Å². The molecule has 19 nitrogen and oxygen atoms in total. The van der Waals surface area contributed by atoms with Crippen LogP contribution in [0.1, 0.15) is 16.8 Å². The predicted octanol–water partition coefficient (Wildman–Crippen LogP) is -0.349. The van der Waals surface area contributed by atoms with Crippen LogP contribution in [0.2, 0.25) is 0 Å². The summed E-state index contributed by atoms with van der Waals surface area (Å²) in [6, 6.07) is 4.72. The highest BCUT2D eigenvalue weighted by molar-refractivity contribution is 5.57. The number of halogens is 6. The number of alkyl halides is 6. The number of nitrogens with one attached hydrogen (secondary N) is 2. The van der Waals surface area contributed by atoms with E-state index in [2.05, 4.69) is 25.4 Å². The van der Waals surface area contributed by atoms with Gasteiger partial charge >= 0.3 is 34.9 Å². The first kappa shape index (κ1) is 39.2. The highest BCUT2D eigenvalue weighted by Gasteiger charge is 2.36. The lowest BCUT2D eigenvalue weighted by Gasteiger charge is -2.17. The number of aryl methyl sites for hydroxylation is 5. The molecule has 0 unspecified atom stereocenters. The Bertz CT molecular complexity index is 3130. The van der Waals surface area contributed by atoms with E-state index in [9.17, 15) is 64.7 Å². The highest BCUT2D eigenvalue weighted by Crippen LogP contribution is 2.34. The van der Waals surface area contributed by atoms with Crippen molar-refractivity contribution in [3.63, 3.8) is 0 Å². The van der Waals surface area contributed by atoms with Gasteiger partial charge in [-0.15, -0.1) is 0 Å². The summed E-state index contributed by atoms with van der Waals surface area (Å²) >= 11 is 0. The monoisotopic (exact) mass is 803 g/mol. The summed E-state index contributed by atoms with van der Waals surface area (Å²) in [6.45, 7) is -0.591. The summed E-state index contributed by atoms with van der Waals surface area (Å²) in [5, 5.41) is 12.4. The van der Waals surface area contributed by atoms with Gasteiger partial charge in [-0.25, -0.2) is 33.1 Å². The predicted molar refractivity (Wildman–Crippen MR) is 183 cm³/mol. The molecule has 0 spiro atoms. The Balaban J connectivity index is 1.63. The van der Waals surface area contributed by atoms with E-state index in [1.807, 2.05) is 0 Å². The van der Waals surface area contributed by atoms with E-state index < -0.39 is 115 Å². The van der Waals surface area contributed by atoms with E-state index in [1.54, 1.807) is 0 Å². The first-order valence-corrected chi connectivity index (χ1v) is 15.9. The number of nitrogens with zero attached hydrogens (tertiary/aromatic N) is 9. The molecule has 1 aromatic carbocycles. The molecule has 5 aromatic heterocycles. The topological polar surface area (TPSA) is 236 Å². The summed E-state index contributed by atoms with van der Waals surface area (Å²) in [5.74, 6) is -0.924. The average Bonchev–Trinajstić information content (AvgIpc) is 3.14. The Labute approximate surface area is 308 Å². The van der Waals surface area contributed by atoms with Gasteiger partial charge in [-0.3, -0.25) is 38.1 Å². The number of H-pyrrole nitrogens is 2. The number of benzene rings is 1. The van der Waals surface area contributed by atoms with Gasteiger partial charge < -0.3 is 10.2 Å². The summed E-state index contributed by atoms with van der Waals surface area (Å²) in [4.78, 5) is 109. The first-order chi connectivity index (χ1) is 26.6. The fourth-order valence-corrected chi connectivity index (χ4v) is 5.50. The molecule has 0 fully saturated rings. The maximum atomic E-state index is 14.3. The summed E-state index contributed by atoms with van der Waals surface area (Å²) in [6.07, 6.45) is -8.57. The van der Waals surface area contributed by atoms with Gasteiger partial charge in [-0.1, -0.05) is 17.7 Å². The maximum Gasteiger partial charge on any atom is 0.433 e. The van der Waals surface area contributed by atoms with Gasteiger partial charge in [0, 0.05) is 26.5 Å². The van der Waals surface area contributed by atoms with Gasteiger partial charge in [0.05, 0.1) is 35.5 Å². The van der Waals surface area contributed by atoms with Crippen LogP contribution in [-0.2, 0) is 39.5 Å². The summed E-state index contributed by atoms with van der Waals surface area (Å²) in [5.41, 5.74) is -18.8. The normalized spacial score (nSPS) is 11.9. The largest absolute Gasteiger partial charge is 0.433 e. The van der Waals surface area contributed by atoms with E-state index in [0.717, 1.165) is 50.8 Å². The third-order valence-electron chi connectivity index (χ3n) is 8.36. The lowest BCUT2D eigenvalue weighted by Crippen LogP contribution is -2.46. The molecule has 0 amide bonds. The van der Waals surface area contributed by atoms with Crippen LogP contribution < -0.4 is 44.5 Å². The molecule has 0 saturated carbocycles. The Morgan fingerprint density at radius 1 is 0.632 bits per heavy atom. The number of rotatable bonds is 7. The second-order valence-corrected chi connectivity index (χ2v) is 12.1. The minimum absolute atomic E-state index is 0.0237. The molecule has 2 N–H and O–H groups in total. The van der Waals surface area contributed by atoms with Crippen molar-refractivity contribution in [1.82, 2.24) is 53.2 Å². The minimum Gasteiger partial charge on any atom is -0.302 e. The third-order valence-corrected chi connectivity index (χ3v) is 8.36. The van der Waals surface area contributed by atoms with E-state index >= 15 is 0 Å². The van der Waals surface area contributed by atoms with Crippen molar-refractivity contribution in [3.8, 4) is 34.0 Å². The van der Waals surface area contributed by atoms with Crippen molar-refractivity contribution in [2.24, 2.45) is 14.1 Å². The van der Waals surface area contributed by atoms with E-state index in [1.165, 1.54) is 6.92 Å². The molecular formula is C32H23F6N11O8. The van der Waals surface area contributed by atoms with Crippen LogP contribution >= 0.6 is 0 Å². The van der Waals surface area contributed by atoms with Crippen molar-refractivity contribution >= 4 is 0 Å². The van der Waals surface area contributed by atoms with Crippen LogP contribution in [0.4, 0.5) is 26.3 Å². The molecule has 25 heteroatoms. The first-order valence-electron chi connectivity index (χ1n) is 15.9. The van der Waals surface area contributed by atoms with Gasteiger partial charge in [-0.2, -0.15) is 36.5 Å². The maximum absolute atomic E-state index is 14.3. The Kier molecular flexibility index (Phi) is 9.63. The van der Waals surface area contributed by atoms with Gasteiger partial charge in [0.1, 0.15) is 11.5 Å². The zero-order valence-electron chi connectivity index (χ0n) is 29.1. The Morgan fingerprint density at radius 2 is 1.12 bits per heavy atom. The van der Waals surface area contributed by atoms with Gasteiger partial charge in [-0.05, 0) is 31.2 Å². The number of aromatic nitrogens is 11. The molecule has 0 aliphatic rings. The molecule has 6 rings (SSSR count). The Morgan fingerprint density at radius 3 is 1.61 bits per heavy atom. The zero-order valence-corrected chi connectivity index (χ0v) is 29.1. The van der Waals surface area contributed by atoms with Crippen LogP contribution in [0.15, 0.2) is 87.1 Å². The Hall–Kier alpha value is -7.47. The molecule has 0 saturated heterocycles. The smallest absolute Gasteiger partial charge is 0.302 e. The molecule has 5 heterocycles. The number of aromatic amines is 2. The van der Waals surface area contributed by atoms with Gasteiger partial charge in [0.25, 0.3) is 22.0 Å². The summed E-state index contributed by atoms with van der Waals surface area (Å²) in [7, 11) is 2.27. The average molecular weight is 804 g/mol. The second-order valence-electron chi connectivity index (χ2n) is 12.1. The molecule has 296 valence electrons. The molecule has 0 radical (unpaired) electrons. The van der Waals surface area contributed by atoms with Crippen molar-refractivity contribution in [3.05, 3.63) is 148 Å². The van der Waals surface area contributed by atoms with Crippen LogP contribution in [0.25, 0.3) is 34.0 Å². The highest BCUT2D eigenvalue weighted by atomic mass is 19.4. The lowest BCUT2D eigenvalue weighted by atomic mass is 10.1. The van der Waals surface area contributed by atoms with Crippen molar-refractivity contribution < 1.29 is 26.3 Å². The van der Waals surface area contributed by atoms with Crippen LogP contribution in [0.5, 0.6) is 0 Å². The van der Waals surface area contributed by atoms with Crippen molar-refractivity contribution in [2.75, 3.05) is 0 Å². The summed E-state index contributed by atoms with van der Waals surface area (Å²) < 4.78 is 85.9. The number of hydrogen-bond acceptors (Lipinski definition) is 11. The fraction of sp³-hybridized carbons (Fsp3) is 0.219. The molecule has 0 bridgehead atoms. The molecule has 57 heavy (non-hydrogen) atoms. The molecule has 6 aromatic rings. The minimum atomic E-state index is -5.16. The third kappa shape index (κ3) is 7.00. The molecule has 0 aliphatic carbocycles. The quantitative estimate of drug-likeness (QED) is 0.156. The van der Waals surface area contributed by atoms with Crippen LogP contribution in [0.3, 0.4) is 0 Å².